The van der Waals surface area contributed by atoms with Gasteiger partial charge in [-0.3, -0.25) is 4.79 Å². The molecule has 1 atom stereocenters. The number of nitrogens with zero attached hydrogens (tertiary/aromatic N) is 1. The molecule has 2 aromatic carbocycles. The largest absolute Gasteiger partial charge is 0.497 e. The lowest BCUT2D eigenvalue weighted by Gasteiger charge is -2.12. The van der Waals surface area contributed by atoms with Gasteiger partial charge in [0.05, 0.1) is 18.9 Å². The maximum atomic E-state index is 12.6. The molecule has 1 N–H and O–H groups in total. The summed E-state index contributed by atoms with van der Waals surface area (Å²) in [7, 11) is 1.62. The highest BCUT2D eigenvalue weighted by atomic mass is 16.5. The number of methoxy groups -OCH3 is 1. The topological polar surface area (TPSA) is 64.4 Å². The molecular weight excluding hydrogens is 328 g/mol. The molecule has 5 nitrogen and oxygen atoms in total. The third-order valence-electron chi connectivity index (χ3n) is 4.25. The Morgan fingerprint density at radius 1 is 1.23 bits per heavy atom. The molecule has 26 heavy (non-hydrogen) atoms. The number of amides is 1. The zero-order valence-corrected chi connectivity index (χ0v) is 15.2. The minimum Gasteiger partial charge on any atom is -0.497 e. The normalized spacial score (nSPS) is 11.8. The van der Waals surface area contributed by atoms with Gasteiger partial charge in [-0.1, -0.05) is 31.2 Å². The highest BCUT2D eigenvalue weighted by Crippen LogP contribution is 2.29. The number of nitrogens with one attached hydrogen (secondary N) is 1. The van der Waals surface area contributed by atoms with Crippen LogP contribution in [0.3, 0.4) is 0 Å². The summed E-state index contributed by atoms with van der Waals surface area (Å²) < 4.78 is 11.2. The molecule has 0 aliphatic heterocycles. The van der Waals surface area contributed by atoms with Gasteiger partial charge in [-0.25, -0.2) is 4.98 Å². The summed E-state index contributed by atoms with van der Waals surface area (Å²) in [6.45, 7) is 4.01. The average Bonchev–Trinajstić information content (AvgIpc) is 3.18. The predicted octanol–water partition coefficient (Wildman–Crippen LogP) is 4.55. The summed E-state index contributed by atoms with van der Waals surface area (Å²) in [5, 5.41) is 2.98. The van der Waals surface area contributed by atoms with Gasteiger partial charge >= 0.3 is 0 Å². The minimum atomic E-state index is -0.129. The lowest BCUT2D eigenvalue weighted by atomic mass is 10.1. The van der Waals surface area contributed by atoms with Crippen molar-refractivity contribution < 1.29 is 13.9 Å². The number of aromatic nitrogens is 1. The zero-order chi connectivity index (χ0) is 18.5. The van der Waals surface area contributed by atoms with Crippen molar-refractivity contribution in [2.75, 3.05) is 7.11 Å². The number of hydrogen-bond acceptors (Lipinski definition) is 4. The molecule has 0 saturated heterocycles. The summed E-state index contributed by atoms with van der Waals surface area (Å²) in [6, 6.07) is 15.0. The Balaban J connectivity index is 1.93. The molecule has 0 aliphatic carbocycles. The van der Waals surface area contributed by atoms with E-state index < -0.39 is 0 Å². The van der Waals surface area contributed by atoms with E-state index >= 15 is 0 Å². The molecular formula is C21H22N2O3. The number of oxazole rings is 1. The van der Waals surface area contributed by atoms with Crippen LogP contribution in [0.1, 0.15) is 30.6 Å². The van der Waals surface area contributed by atoms with Crippen LogP contribution in [0.2, 0.25) is 0 Å². The second-order valence-electron chi connectivity index (χ2n) is 6.09. The van der Waals surface area contributed by atoms with E-state index in [2.05, 4.69) is 10.3 Å². The Labute approximate surface area is 153 Å². The van der Waals surface area contributed by atoms with Crippen molar-refractivity contribution in [3.05, 3.63) is 60.3 Å². The second kappa shape index (κ2) is 7.87. The van der Waals surface area contributed by atoms with E-state index in [9.17, 15) is 4.79 Å². The maximum absolute atomic E-state index is 12.6. The van der Waals surface area contributed by atoms with E-state index in [1.165, 1.54) is 0 Å². The molecule has 3 aromatic rings. The van der Waals surface area contributed by atoms with E-state index in [-0.39, 0.29) is 11.9 Å². The second-order valence-corrected chi connectivity index (χ2v) is 6.09. The molecule has 1 aromatic heterocycles. The van der Waals surface area contributed by atoms with Crippen LogP contribution < -0.4 is 10.1 Å². The van der Waals surface area contributed by atoms with Gasteiger partial charge in [0.15, 0.2) is 5.76 Å². The lowest BCUT2D eigenvalue weighted by molar-refractivity contribution is 0.0939. The Morgan fingerprint density at radius 2 is 2.04 bits per heavy atom. The first-order valence-corrected chi connectivity index (χ1v) is 8.63. The van der Waals surface area contributed by atoms with Crippen molar-refractivity contribution in [3.8, 4) is 28.5 Å². The smallest absolute Gasteiger partial charge is 0.252 e. The molecule has 0 radical (unpaired) electrons. The molecule has 134 valence electrons. The van der Waals surface area contributed by atoms with Crippen LogP contribution in [0, 0.1) is 0 Å². The van der Waals surface area contributed by atoms with Gasteiger partial charge in [-0.05, 0) is 37.6 Å². The van der Waals surface area contributed by atoms with Crippen LogP contribution in [-0.2, 0) is 0 Å². The maximum Gasteiger partial charge on any atom is 0.252 e. The molecule has 0 spiro atoms. The monoisotopic (exact) mass is 350 g/mol. The van der Waals surface area contributed by atoms with Crippen LogP contribution in [0.4, 0.5) is 0 Å². The molecule has 1 heterocycles. The Morgan fingerprint density at radius 3 is 2.81 bits per heavy atom. The standard InChI is InChI=1S/C21H22N2O3/c1-4-14(2)23-20(24)17-10-5-6-11-18(17)21-22-13-19(26-21)15-8-7-9-16(12-15)25-3/h5-14H,4H2,1-3H3,(H,23,24). The van der Waals surface area contributed by atoms with Crippen LogP contribution in [0.15, 0.2) is 59.1 Å². The number of hydrogen-bond donors (Lipinski definition) is 1. The Bertz CT molecular complexity index is 902. The van der Waals surface area contributed by atoms with Crippen LogP contribution in [-0.4, -0.2) is 24.0 Å². The molecule has 0 bridgehead atoms. The zero-order valence-electron chi connectivity index (χ0n) is 15.2. The van der Waals surface area contributed by atoms with Gasteiger partial charge in [0, 0.05) is 17.2 Å². The minimum absolute atomic E-state index is 0.104. The summed E-state index contributed by atoms with van der Waals surface area (Å²) in [4.78, 5) is 16.9. The molecule has 3 rings (SSSR count). The van der Waals surface area contributed by atoms with Gasteiger partial charge in [0.25, 0.3) is 5.91 Å². The summed E-state index contributed by atoms with van der Waals surface area (Å²) in [5.41, 5.74) is 2.08. The number of carbonyl (C=O) groups excluding carboxylic acids is 1. The van der Waals surface area contributed by atoms with Crippen LogP contribution in [0.5, 0.6) is 5.75 Å². The van der Waals surface area contributed by atoms with Gasteiger partial charge in [-0.2, -0.15) is 0 Å². The van der Waals surface area contributed by atoms with Crippen LogP contribution >= 0.6 is 0 Å². The van der Waals surface area contributed by atoms with E-state index in [4.69, 9.17) is 9.15 Å². The van der Waals surface area contributed by atoms with Gasteiger partial charge in [-0.15, -0.1) is 0 Å². The van der Waals surface area contributed by atoms with E-state index in [0.29, 0.717) is 22.8 Å². The molecule has 0 fully saturated rings. The van der Waals surface area contributed by atoms with E-state index in [0.717, 1.165) is 17.7 Å². The molecule has 0 saturated carbocycles. The van der Waals surface area contributed by atoms with Crippen LogP contribution in [0.25, 0.3) is 22.8 Å². The molecule has 5 heteroatoms. The number of ether oxygens (including phenoxy) is 1. The van der Waals surface area contributed by atoms with E-state index in [1.54, 1.807) is 19.4 Å². The molecule has 1 amide bonds. The molecule has 0 aliphatic rings. The summed E-state index contributed by atoms with van der Waals surface area (Å²) >= 11 is 0. The third-order valence-corrected chi connectivity index (χ3v) is 4.25. The Kier molecular flexibility index (Phi) is 5.37. The van der Waals surface area contributed by atoms with E-state index in [1.807, 2.05) is 56.3 Å². The highest BCUT2D eigenvalue weighted by Gasteiger charge is 2.18. The third kappa shape index (κ3) is 3.77. The van der Waals surface area contributed by atoms with Crippen molar-refractivity contribution in [2.24, 2.45) is 0 Å². The quantitative estimate of drug-likeness (QED) is 0.708. The number of rotatable bonds is 6. The predicted molar refractivity (Wildman–Crippen MR) is 101 cm³/mol. The van der Waals surface area contributed by atoms with Gasteiger partial charge in [0.1, 0.15) is 5.75 Å². The summed E-state index contributed by atoms with van der Waals surface area (Å²) in [5.74, 6) is 1.65. The SMILES string of the molecule is CCC(C)NC(=O)c1ccccc1-c1ncc(-c2cccc(OC)c2)o1. The van der Waals surface area contributed by atoms with Gasteiger partial charge < -0.3 is 14.5 Å². The first-order chi connectivity index (χ1) is 12.6. The lowest BCUT2D eigenvalue weighted by Crippen LogP contribution is -2.32. The molecule has 1 unspecified atom stereocenters. The van der Waals surface area contributed by atoms with Crippen molar-refractivity contribution >= 4 is 5.91 Å². The van der Waals surface area contributed by atoms with Crippen molar-refractivity contribution in [3.63, 3.8) is 0 Å². The fraction of sp³-hybridized carbons (Fsp3) is 0.238. The average molecular weight is 350 g/mol. The number of benzene rings is 2. The van der Waals surface area contributed by atoms with Crippen molar-refractivity contribution in [1.29, 1.82) is 0 Å². The fourth-order valence-electron chi connectivity index (χ4n) is 2.58. The highest BCUT2D eigenvalue weighted by molar-refractivity contribution is 6.00. The fourth-order valence-corrected chi connectivity index (χ4v) is 2.58. The van der Waals surface area contributed by atoms with Crippen molar-refractivity contribution in [1.82, 2.24) is 10.3 Å². The Hall–Kier alpha value is -3.08. The summed E-state index contributed by atoms with van der Waals surface area (Å²) in [6.07, 6.45) is 2.53. The first kappa shape index (κ1) is 17.7. The first-order valence-electron chi connectivity index (χ1n) is 8.63. The number of carbonyl (C=O) groups is 1. The van der Waals surface area contributed by atoms with Gasteiger partial charge in [0.2, 0.25) is 5.89 Å². The van der Waals surface area contributed by atoms with Crippen molar-refractivity contribution in [2.45, 2.75) is 26.3 Å².